The predicted octanol–water partition coefficient (Wildman–Crippen LogP) is 1.14. The number of nitrogens with two attached hydrogens (primary N) is 1. The van der Waals surface area contributed by atoms with Crippen LogP contribution in [-0.4, -0.2) is 17.1 Å². The lowest BCUT2D eigenvalue weighted by Crippen LogP contribution is -2.27. The van der Waals surface area contributed by atoms with Crippen LogP contribution in [0.15, 0.2) is 12.2 Å². The van der Waals surface area contributed by atoms with E-state index >= 15 is 0 Å². The molecule has 0 aliphatic carbocycles. The van der Waals surface area contributed by atoms with Crippen LogP contribution in [0.1, 0.15) is 26.2 Å². The molecule has 0 saturated heterocycles. The highest BCUT2D eigenvalue weighted by Gasteiger charge is 2.04. The minimum Gasteiger partial charge on any atom is -0.480 e. The number of aliphatic carboxylic acids is 1. The second kappa shape index (κ2) is 5.92. The number of unbranched alkanes of at least 4 members (excludes halogenated alkanes) is 2. The third-order valence-corrected chi connectivity index (χ3v) is 1.35. The van der Waals surface area contributed by atoms with Crippen LogP contribution in [0, 0.1) is 0 Å². The average Bonchev–Trinajstić information content (AvgIpc) is 1.97. The molecule has 0 rings (SSSR count). The summed E-state index contributed by atoms with van der Waals surface area (Å²) < 4.78 is 0. The number of hydrogen-bond acceptors (Lipinski definition) is 2. The van der Waals surface area contributed by atoms with Crippen LogP contribution in [0.5, 0.6) is 0 Å². The van der Waals surface area contributed by atoms with Gasteiger partial charge in [0.15, 0.2) is 0 Å². The van der Waals surface area contributed by atoms with E-state index < -0.39 is 12.0 Å². The van der Waals surface area contributed by atoms with Crippen molar-refractivity contribution >= 4 is 5.97 Å². The van der Waals surface area contributed by atoms with Gasteiger partial charge in [0.25, 0.3) is 0 Å². The van der Waals surface area contributed by atoms with E-state index in [-0.39, 0.29) is 0 Å². The molecule has 11 heavy (non-hydrogen) atoms. The maximum atomic E-state index is 10.2. The molecule has 0 aliphatic rings. The van der Waals surface area contributed by atoms with E-state index in [1.807, 2.05) is 6.08 Å². The Morgan fingerprint density at radius 2 is 2.36 bits per heavy atom. The van der Waals surface area contributed by atoms with Gasteiger partial charge in [-0.15, -0.1) is 0 Å². The van der Waals surface area contributed by atoms with Crippen LogP contribution in [0.2, 0.25) is 0 Å². The Hall–Kier alpha value is -0.830. The summed E-state index contributed by atoms with van der Waals surface area (Å²) in [7, 11) is 0. The summed E-state index contributed by atoms with van der Waals surface area (Å²) in [6, 6.07) is -0.841. The lowest BCUT2D eigenvalue weighted by molar-refractivity contribution is -0.137. The van der Waals surface area contributed by atoms with E-state index in [9.17, 15) is 4.79 Å². The number of carboxylic acid groups (broad SMARTS) is 1. The molecule has 3 heteroatoms. The summed E-state index contributed by atoms with van der Waals surface area (Å²) in [5.74, 6) is -0.974. The van der Waals surface area contributed by atoms with Gasteiger partial charge in [-0.2, -0.15) is 0 Å². The zero-order valence-electron chi connectivity index (χ0n) is 6.79. The Morgan fingerprint density at radius 3 is 2.82 bits per heavy atom. The molecule has 0 unspecified atom stereocenters. The summed E-state index contributed by atoms with van der Waals surface area (Å²) >= 11 is 0. The molecule has 0 aromatic heterocycles. The minimum atomic E-state index is -0.974. The molecule has 0 spiro atoms. The van der Waals surface area contributed by atoms with Gasteiger partial charge in [0.2, 0.25) is 0 Å². The van der Waals surface area contributed by atoms with Crippen LogP contribution >= 0.6 is 0 Å². The average molecular weight is 157 g/mol. The first kappa shape index (κ1) is 10.2. The van der Waals surface area contributed by atoms with Crippen molar-refractivity contribution in [2.45, 2.75) is 32.2 Å². The van der Waals surface area contributed by atoms with E-state index in [2.05, 4.69) is 6.92 Å². The first-order chi connectivity index (χ1) is 5.18. The molecule has 64 valence electrons. The van der Waals surface area contributed by atoms with Crippen molar-refractivity contribution in [3.05, 3.63) is 12.2 Å². The molecule has 0 aromatic rings. The topological polar surface area (TPSA) is 63.3 Å². The first-order valence-corrected chi connectivity index (χ1v) is 3.83. The monoisotopic (exact) mass is 157 g/mol. The largest absolute Gasteiger partial charge is 0.480 e. The Morgan fingerprint density at radius 1 is 1.73 bits per heavy atom. The van der Waals surface area contributed by atoms with Crippen LogP contribution in [0.4, 0.5) is 0 Å². The molecule has 3 nitrogen and oxygen atoms in total. The molecule has 0 saturated carbocycles. The van der Waals surface area contributed by atoms with E-state index in [1.165, 1.54) is 6.08 Å². The molecule has 0 radical (unpaired) electrons. The van der Waals surface area contributed by atoms with Gasteiger partial charge < -0.3 is 10.8 Å². The van der Waals surface area contributed by atoms with Gasteiger partial charge in [-0.05, 0) is 6.42 Å². The molecule has 0 heterocycles. The highest BCUT2D eigenvalue weighted by Crippen LogP contribution is 1.95. The normalized spacial score (nSPS) is 13.6. The molecule has 0 fully saturated rings. The van der Waals surface area contributed by atoms with Crippen molar-refractivity contribution in [1.82, 2.24) is 0 Å². The second-order valence-corrected chi connectivity index (χ2v) is 2.43. The Bertz CT molecular complexity index is 143. The van der Waals surface area contributed by atoms with Gasteiger partial charge in [-0.1, -0.05) is 31.9 Å². The van der Waals surface area contributed by atoms with Crippen LogP contribution in [0.25, 0.3) is 0 Å². The summed E-state index contributed by atoms with van der Waals surface area (Å²) in [6.07, 6.45) is 6.47. The summed E-state index contributed by atoms with van der Waals surface area (Å²) in [5, 5.41) is 8.36. The molecule has 0 amide bonds. The van der Waals surface area contributed by atoms with Crippen molar-refractivity contribution < 1.29 is 9.90 Å². The lowest BCUT2D eigenvalue weighted by atomic mass is 10.2. The Kier molecular flexibility index (Phi) is 5.47. The number of carboxylic acids is 1. The van der Waals surface area contributed by atoms with Crippen molar-refractivity contribution in [2.75, 3.05) is 0 Å². The van der Waals surface area contributed by atoms with Gasteiger partial charge in [-0.3, -0.25) is 4.79 Å². The van der Waals surface area contributed by atoms with Gasteiger partial charge >= 0.3 is 5.97 Å². The van der Waals surface area contributed by atoms with Crippen molar-refractivity contribution in [3.8, 4) is 0 Å². The van der Waals surface area contributed by atoms with Crippen LogP contribution in [0.3, 0.4) is 0 Å². The maximum absolute atomic E-state index is 10.2. The third kappa shape index (κ3) is 5.61. The van der Waals surface area contributed by atoms with Gasteiger partial charge in [-0.25, -0.2) is 0 Å². The van der Waals surface area contributed by atoms with Gasteiger partial charge in [0.1, 0.15) is 6.04 Å². The smallest absolute Gasteiger partial charge is 0.324 e. The predicted molar refractivity (Wildman–Crippen MR) is 44.3 cm³/mol. The molecule has 0 aromatic carbocycles. The number of allylic oxidation sites excluding steroid dienone is 1. The molecule has 0 bridgehead atoms. The summed E-state index contributed by atoms with van der Waals surface area (Å²) in [4.78, 5) is 10.2. The van der Waals surface area contributed by atoms with E-state index in [0.29, 0.717) is 0 Å². The van der Waals surface area contributed by atoms with E-state index in [4.69, 9.17) is 10.8 Å². The Labute approximate surface area is 66.9 Å². The fourth-order valence-electron chi connectivity index (χ4n) is 0.647. The van der Waals surface area contributed by atoms with Crippen LogP contribution < -0.4 is 5.73 Å². The van der Waals surface area contributed by atoms with Crippen molar-refractivity contribution in [3.63, 3.8) is 0 Å². The lowest BCUT2D eigenvalue weighted by Gasteiger charge is -1.96. The quantitative estimate of drug-likeness (QED) is 0.464. The zero-order valence-corrected chi connectivity index (χ0v) is 6.79. The van der Waals surface area contributed by atoms with E-state index in [0.717, 1.165) is 19.3 Å². The summed E-state index contributed by atoms with van der Waals surface area (Å²) in [6.45, 7) is 2.09. The van der Waals surface area contributed by atoms with Gasteiger partial charge in [0.05, 0.1) is 0 Å². The fraction of sp³-hybridized carbons (Fsp3) is 0.625. The molecule has 1 atom stereocenters. The third-order valence-electron chi connectivity index (χ3n) is 1.35. The fourth-order valence-corrected chi connectivity index (χ4v) is 0.647. The maximum Gasteiger partial charge on any atom is 0.324 e. The first-order valence-electron chi connectivity index (χ1n) is 3.83. The summed E-state index contributed by atoms with van der Waals surface area (Å²) in [5.41, 5.74) is 5.21. The number of carbonyl (C=O) groups is 1. The van der Waals surface area contributed by atoms with Crippen LogP contribution in [-0.2, 0) is 4.79 Å². The van der Waals surface area contributed by atoms with E-state index in [1.54, 1.807) is 0 Å². The molecular weight excluding hydrogens is 142 g/mol. The van der Waals surface area contributed by atoms with Gasteiger partial charge in [0, 0.05) is 0 Å². The second-order valence-electron chi connectivity index (χ2n) is 2.43. The number of rotatable bonds is 5. The molecule has 3 N–H and O–H groups in total. The highest BCUT2D eigenvalue weighted by molar-refractivity contribution is 5.75. The van der Waals surface area contributed by atoms with Crippen molar-refractivity contribution in [1.29, 1.82) is 0 Å². The SMILES string of the molecule is CCCCC=C[C@H](N)C(=O)O. The standard InChI is InChI=1S/C8H15NO2/c1-2-3-4-5-6-7(9)8(10)11/h5-7H,2-4,9H2,1H3,(H,10,11)/t7-/m0/s1. The Balaban J connectivity index is 3.48. The minimum absolute atomic E-state index is 0.841. The number of hydrogen-bond donors (Lipinski definition) is 2. The molecular formula is C8H15NO2. The molecule has 0 aliphatic heterocycles. The zero-order chi connectivity index (χ0) is 8.69. The highest BCUT2D eigenvalue weighted by atomic mass is 16.4. The van der Waals surface area contributed by atoms with Crippen molar-refractivity contribution in [2.24, 2.45) is 5.73 Å².